The Kier molecular flexibility index (Phi) is 7.04. The molecular weight excluding hydrogens is 416 g/mol. The summed E-state index contributed by atoms with van der Waals surface area (Å²) in [5.41, 5.74) is 2.70. The van der Waals surface area contributed by atoms with Crippen LogP contribution in [0.15, 0.2) is 53.4 Å². The summed E-state index contributed by atoms with van der Waals surface area (Å²) in [4.78, 5) is 5.06. The van der Waals surface area contributed by atoms with Crippen LogP contribution in [-0.2, 0) is 16.4 Å². The van der Waals surface area contributed by atoms with Crippen LogP contribution in [0.3, 0.4) is 0 Å². The molecular formula is C27H36N2O2S. The van der Waals surface area contributed by atoms with Crippen LogP contribution in [0.1, 0.15) is 70.2 Å². The van der Waals surface area contributed by atoms with E-state index in [1.807, 2.05) is 18.2 Å². The van der Waals surface area contributed by atoms with Gasteiger partial charge in [0.2, 0.25) is 0 Å². The number of aromatic nitrogens is 2. The standard InChI is InChI=1S/C27H36N2O2S/c1-20-10-7-12-21(2)18-23(13-8-11-20)19-24-14-9-17-26-27(24)28-22(3)29(26)32(30,31)25-15-5-4-6-16-25/h4-6,9,14-17,20-21,23H,7-8,10-13,18-19H2,1-3H3. The third-order valence-corrected chi connectivity index (χ3v) is 8.92. The van der Waals surface area contributed by atoms with Crippen LogP contribution in [-0.4, -0.2) is 17.4 Å². The van der Waals surface area contributed by atoms with Gasteiger partial charge in [0.05, 0.1) is 15.9 Å². The van der Waals surface area contributed by atoms with E-state index < -0.39 is 10.0 Å². The van der Waals surface area contributed by atoms with Crippen LogP contribution in [0.25, 0.3) is 11.0 Å². The van der Waals surface area contributed by atoms with Crippen molar-refractivity contribution in [2.75, 3.05) is 0 Å². The molecule has 3 unspecified atom stereocenters. The molecule has 3 aromatic rings. The van der Waals surface area contributed by atoms with E-state index in [1.165, 1.54) is 54.5 Å². The van der Waals surface area contributed by atoms with E-state index in [1.54, 1.807) is 31.2 Å². The number of hydrogen-bond acceptors (Lipinski definition) is 3. The van der Waals surface area contributed by atoms with Crippen LogP contribution in [0, 0.1) is 24.7 Å². The summed E-state index contributed by atoms with van der Waals surface area (Å²) < 4.78 is 28.2. The van der Waals surface area contributed by atoms with E-state index in [0.717, 1.165) is 23.8 Å². The highest BCUT2D eigenvalue weighted by atomic mass is 32.2. The van der Waals surface area contributed by atoms with Crippen molar-refractivity contribution in [1.29, 1.82) is 0 Å². The third-order valence-electron chi connectivity index (χ3n) is 7.11. The van der Waals surface area contributed by atoms with Crippen LogP contribution >= 0.6 is 0 Å². The summed E-state index contributed by atoms with van der Waals surface area (Å²) in [5.74, 6) is 2.70. The molecule has 32 heavy (non-hydrogen) atoms. The number of benzene rings is 2. The Bertz CT molecular complexity index is 1150. The van der Waals surface area contributed by atoms with Gasteiger partial charge in [0.1, 0.15) is 5.82 Å². The van der Waals surface area contributed by atoms with E-state index in [0.29, 0.717) is 22.2 Å². The highest BCUT2D eigenvalue weighted by Gasteiger charge is 2.24. The lowest BCUT2D eigenvalue weighted by atomic mass is 9.81. The van der Waals surface area contributed by atoms with E-state index in [2.05, 4.69) is 19.9 Å². The summed E-state index contributed by atoms with van der Waals surface area (Å²) in [7, 11) is -3.68. The molecule has 3 atom stereocenters. The molecule has 172 valence electrons. The molecule has 1 saturated carbocycles. The van der Waals surface area contributed by atoms with Crippen molar-refractivity contribution in [1.82, 2.24) is 8.96 Å². The molecule has 1 heterocycles. The first-order valence-electron chi connectivity index (χ1n) is 12.1. The predicted octanol–water partition coefficient (Wildman–Crippen LogP) is 6.76. The third kappa shape index (κ3) is 4.93. The molecule has 1 fully saturated rings. The lowest BCUT2D eigenvalue weighted by Gasteiger charge is -2.24. The Morgan fingerprint density at radius 3 is 2.34 bits per heavy atom. The Hall–Kier alpha value is -2.14. The molecule has 2 aromatic carbocycles. The summed E-state index contributed by atoms with van der Waals surface area (Å²) in [6.45, 7) is 6.58. The molecule has 0 spiro atoms. The fourth-order valence-corrected chi connectivity index (χ4v) is 6.94. The minimum absolute atomic E-state index is 0.295. The van der Waals surface area contributed by atoms with Crippen molar-refractivity contribution >= 4 is 21.1 Å². The number of imidazole rings is 1. The van der Waals surface area contributed by atoms with Gasteiger partial charge in [-0.15, -0.1) is 0 Å². The molecule has 5 heteroatoms. The van der Waals surface area contributed by atoms with Crippen LogP contribution < -0.4 is 0 Å². The maximum absolute atomic E-state index is 13.4. The fourth-order valence-electron chi connectivity index (χ4n) is 5.43. The van der Waals surface area contributed by atoms with Gasteiger partial charge in [0.25, 0.3) is 10.0 Å². The maximum atomic E-state index is 13.4. The molecule has 0 radical (unpaired) electrons. The van der Waals surface area contributed by atoms with E-state index in [-0.39, 0.29) is 0 Å². The van der Waals surface area contributed by atoms with Crippen LogP contribution in [0.2, 0.25) is 0 Å². The highest BCUT2D eigenvalue weighted by Crippen LogP contribution is 2.32. The SMILES string of the molecule is Cc1nc2c(CC3CCCC(C)CCCC(C)C3)cccc2n1S(=O)(=O)c1ccccc1. The largest absolute Gasteiger partial charge is 0.269 e. The van der Waals surface area contributed by atoms with Crippen molar-refractivity contribution in [3.63, 3.8) is 0 Å². The van der Waals surface area contributed by atoms with Gasteiger partial charge in [0.15, 0.2) is 0 Å². The van der Waals surface area contributed by atoms with Gasteiger partial charge in [0, 0.05) is 0 Å². The summed E-state index contributed by atoms with van der Waals surface area (Å²) in [5, 5.41) is 0. The zero-order chi connectivity index (χ0) is 22.7. The van der Waals surface area contributed by atoms with Crippen molar-refractivity contribution < 1.29 is 8.42 Å². The van der Waals surface area contributed by atoms with Gasteiger partial charge in [-0.3, -0.25) is 0 Å². The first kappa shape index (κ1) is 23.0. The molecule has 0 bridgehead atoms. The highest BCUT2D eigenvalue weighted by molar-refractivity contribution is 7.90. The van der Waals surface area contributed by atoms with Gasteiger partial charge in [-0.05, 0) is 61.3 Å². The summed E-state index contributed by atoms with van der Waals surface area (Å²) in [6.07, 6.45) is 10.1. The molecule has 0 aliphatic heterocycles. The van der Waals surface area contributed by atoms with Crippen molar-refractivity contribution in [2.24, 2.45) is 17.8 Å². The Morgan fingerprint density at radius 1 is 0.906 bits per heavy atom. The molecule has 0 amide bonds. The smallest absolute Gasteiger partial charge is 0.232 e. The van der Waals surface area contributed by atoms with Gasteiger partial charge in [-0.1, -0.05) is 82.7 Å². The van der Waals surface area contributed by atoms with E-state index in [9.17, 15) is 8.42 Å². The van der Waals surface area contributed by atoms with Crippen LogP contribution in [0.5, 0.6) is 0 Å². The molecule has 1 aromatic heterocycles. The second-order valence-electron chi connectivity index (χ2n) is 9.90. The minimum atomic E-state index is -3.68. The van der Waals surface area contributed by atoms with Crippen molar-refractivity contribution in [3.8, 4) is 0 Å². The number of hydrogen-bond donors (Lipinski definition) is 0. The topological polar surface area (TPSA) is 52.0 Å². The van der Waals surface area contributed by atoms with Crippen LogP contribution in [0.4, 0.5) is 0 Å². The molecule has 1 aliphatic rings. The molecule has 4 nitrogen and oxygen atoms in total. The zero-order valence-electron chi connectivity index (χ0n) is 19.6. The Labute approximate surface area is 193 Å². The molecule has 0 saturated heterocycles. The summed E-state index contributed by atoms with van der Waals surface area (Å²) >= 11 is 0. The number of rotatable bonds is 4. The minimum Gasteiger partial charge on any atom is -0.232 e. The Balaban J connectivity index is 1.67. The molecule has 0 N–H and O–H groups in total. The van der Waals surface area contributed by atoms with E-state index in [4.69, 9.17) is 4.98 Å². The molecule has 1 aliphatic carbocycles. The number of fused-ring (bicyclic) bond motifs is 1. The average molecular weight is 453 g/mol. The first-order chi connectivity index (χ1) is 15.4. The predicted molar refractivity (Wildman–Crippen MR) is 131 cm³/mol. The van der Waals surface area contributed by atoms with Gasteiger partial charge < -0.3 is 0 Å². The number of para-hydroxylation sites is 1. The molecule has 4 rings (SSSR count). The quantitative estimate of drug-likeness (QED) is 0.439. The fraction of sp³-hybridized carbons (Fsp3) is 0.519. The van der Waals surface area contributed by atoms with Crippen molar-refractivity contribution in [2.45, 2.75) is 77.0 Å². The second kappa shape index (κ2) is 9.78. The first-order valence-corrected chi connectivity index (χ1v) is 13.6. The van der Waals surface area contributed by atoms with Crippen molar-refractivity contribution in [3.05, 3.63) is 59.9 Å². The number of aryl methyl sites for hydroxylation is 1. The normalized spacial score (nSPS) is 23.3. The van der Waals surface area contributed by atoms with Gasteiger partial charge in [-0.2, -0.15) is 0 Å². The van der Waals surface area contributed by atoms with E-state index >= 15 is 0 Å². The second-order valence-corrected chi connectivity index (χ2v) is 11.7. The Morgan fingerprint density at radius 2 is 1.59 bits per heavy atom. The maximum Gasteiger partial charge on any atom is 0.269 e. The lowest BCUT2D eigenvalue weighted by Crippen LogP contribution is -2.14. The van der Waals surface area contributed by atoms with Gasteiger partial charge >= 0.3 is 0 Å². The van der Waals surface area contributed by atoms with Gasteiger partial charge in [-0.25, -0.2) is 17.4 Å². The lowest BCUT2D eigenvalue weighted by molar-refractivity contribution is 0.301. The summed E-state index contributed by atoms with van der Waals surface area (Å²) in [6, 6.07) is 14.7. The zero-order valence-corrected chi connectivity index (χ0v) is 20.4. The number of nitrogens with zero attached hydrogens (tertiary/aromatic N) is 2. The monoisotopic (exact) mass is 452 g/mol. The average Bonchev–Trinajstić information content (AvgIpc) is 3.11.